The van der Waals surface area contributed by atoms with Gasteiger partial charge in [-0.2, -0.15) is 0 Å². The number of rotatable bonds is 8. The molecular weight excluding hydrogens is 489 g/mol. The van der Waals surface area contributed by atoms with E-state index in [1.54, 1.807) is 0 Å². The molecule has 0 bridgehead atoms. The fraction of sp³-hybridized carbons (Fsp3) is 0.652. The van der Waals surface area contributed by atoms with Crippen LogP contribution in [0.3, 0.4) is 0 Å². The maximum Gasteiger partial charge on any atom is 0.251 e. The molecule has 1 aromatic carbocycles. The molecule has 1 heterocycles. The first-order valence-corrected chi connectivity index (χ1v) is 11.1. The lowest BCUT2D eigenvalue weighted by molar-refractivity contribution is 0.0956. The third-order valence-corrected chi connectivity index (χ3v) is 5.59. The van der Waals surface area contributed by atoms with Crippen LogP contribution in [0.1, 0.15) is 62.4 Å². The van der Waals surface area contributed by atoms with Crippen molar-refractivity contribution in [2.45, 2.75) is 59.0 Å². The number of nitrogens with zero attached hydrogens (tertiary/aromatic N) is 2. The number of hydrogen-bond donors (Lipinski definition) is 3. The molecule has 30 heavy (non-hydrogen) atoms. The largest absolute Gasteiger partial charge is 0.355 e. The summed E-state index contributed by atoms with van der Waals surface area (Å²) in [7, 11) is 1.81. The Bertz CT molecular complexity index is 639. The minimum atomic E-state index is -0.0299. The van der Waals surface area contributed by atoms with Gasteiger partial charge in [-0.1, -0.05) is 38.8 Å². The SMILES string of the molecule is CCNC(=O)c1ccc(CNC(=NC)NCC(C(C)C)N2CCCCCC2)cc1.I. The van der Waals surface area contributed by atoms with E-state index in [9.17, 15) is 4.79 Å². The number of nitrogens with one attached hydrogen (secondary N) is 3. The Morgan fingerprint density at radius 3 is 2.20 bits per heavy atom. The predicted molar refractivity (Wildman–Crippen MR) is 137 cm³/mol. The molecule has 0 radical (unpaired) electrons. The normalized spacial score (nSPS) is 16.4. The van der Waals surface area contributed by atoms with Crippen molar-refractivity contribution in [1.82, 2.24) is 20.9 Å². The fourth-order valence-corrected chi connectivity index (χ4v) is 3.86. The van der Waals surface area contributed by atoms with Crippen molar-refractivity contribution in [3.63, 3.8) is 0 Å². The number of carbonyl (C=O) groups is 1. The van der Waals surface area contributed by atoms with Crippen LogP contribution in [-0.4, -0.2) is 56.0 Å². The molecule has 3 N–H and O–H groups in total. The molecule has 1 aromatic rings. The van der Waals surface area contributed by atoms with Gasteiger partial charge in [-0.05, 0) is 56.5 Å². The molecule has 0 aliphatic carbocycles. The number of guanidine groups is 1. The highest BCUT2D eigenvalue weighted by molar-refractivity contribution is 14.0. The zero-order chi connectivity index (χ0) is 21.1. The summed E-state index contributed by atoms with van der Waals surface area (Å²) >= 11 is 0. The van der Waals surface area contributed by atoms with Crippen LogP contribution in [0.15, 0.2) is 29.3 Å². The summed E-state index contributed by atoms with van der Waals surface area (Å²) in [4.78, 5) is 18.9. The molecule has 0 spiro atoms. The molecule has 6 nitrogen and oxygen atoms in total. The summed E-state index contributed by atoms with van der Waals surface area (Å²) in [5, 5.41) is 9.73. The first kappa shape index (κ1) is 26.7. The summed E-state index contributed by atoms with van der Waals surface area (Å²) in [6, 6.07) is 8.22. The van der Waals surface area contributed by atoms with Crippen LogP contribution < -0.4 is 16.0 Å². The van der Waals surface area contributed by atoms with Crippen molar-refractivity contribution >= 4 is 35.8 Å². The summed E-state index contributed by atoms with van der Waals surface area (Å²) in [6.45, 7) is 11.2. The van der Waals surface area contributed by atoms with Gasteiger partial charge in [0.1, 0.15) is 0 Å². The van der Waals surface area contributed by atoms with E-state index in [1.165, 1.54) is 38.8 Å². The maximum atomic E-state index is 11.9. The van der Waals surface area contributed by atoms with E-state index in [1.807, 2.05) is 38.2 Å². The Balaban J connectivity index is 0.00000450. The number of likely N-dealkylation sites (tertiary alicyclic amines) is 1. The second-order valence-corrected chi connectivity index (χ2v) is 8.12. The highest BCUT2D eigenvalue weighted by Gasteiger charge is 2.22. The molecule has 1 atom stereocenters. The van der Waals surface area contributed by atoms with E-state index < -0.39 is 0 Å². The molecule has 1 unspecified atom stereocenters. The third-order valence-electron chi connectivity index (χ3n) is 5.59. The van der Waals surface area contributed by atoms with E-state index >= 15 is 0 Å². The summed E-state index contributed by atoms with van der Waals surface area (Å²) < 4.78 is 0. The number of halogens is 1. The Kier molecular flexibility index (Phi) is 13.0. The van der Waals surface area contributed by atoms with Crippen LogP contribution in [0.5, 0.6) is 0 Å². The zero-order valence-electron chi connectivity index (χ0n) is 19.0. The number of carbonyl (C=O) groups excluding carboxylic acids is 1. The van der Waals surface area contributed by atoms with Crippen molar-refractivity contribution in [3.8, 4) is 0 Å². The summed E-state index contributed by atoms with van der Waals surface area (Å²) in [5.74, 6) is 1.39. The smallest absolute Gasteiger partial charge is 0.251 e. The van der Waals surface area contributed by atoms with Crippen molar-refractivity contribution in [2.75, 3.05) is 33.2 Å². The molecule has 2 rings (SSSR count). The van der Waals surface area contributed by atoms with E-state index in [4.69, 9.17) is 0 Å². The standard InChI is InChI=1S/C23H39N5O.HI/c1-5-25-22(29)20-12-10-19(11-13-20)16-26-23(24-4)27-17-21(18(2)3)28-14-8-6-7-9-15-28;/h10-13,18,21H,5-9,14-17H2,1-4H3,(H,25,29)(H2,24,26,27);1H. The van der Waals surface area contributed by atoms with Gasteiger partial charge in [-0.15, -0.1) is 24.0 Å². The molecule has 1 saturated heterocycles. The highest BCUT2D eigenvalue weighted by Crippen LogP contribution is 2.17. The van der Waals surface area contributed by atoms with Gasteiger partial charge in [-0.3, -0.25) is 14.7 Å². The molecule has 1 fully saturated rings. The fourth-order valence-electron chi connectivity index (χ4n) is 3.86. The molecule has 1 aliphatic rings. The number of hydrogen-bond acceptors (Lipinski definition) is 3. The molecule has 0 aromatic heterocycles. The van der Waals surface area contributed by atoms with E-state index in [0.717, 1.165) is 18.1 Å². The van der Waals surface area contributed by atoms with Crippen LogP contribution >= 0.6 is 24.0 Å². The van der Waals surface area contributed by atoms with Crippen LogP contribution in [-0.2, 0) is 6.54 Å². The number of benzene rings is 1. The van der Waals surface area contributed by atoms with Crippen LogP contribution in [0, 0.1) is 5.92 Å². The van der Waals surface area contributed by atoms with Crippen LogP contribution in [0.25, 0.3) is 0 Å². The monoisotopic (exact) mass is 529 g/mol. The number of aliphatic imine (C=N–C) groups is 1. The number of amides is 1. The molecule has 1 amide bonds. The van der Waals surface area contributed by atoms with Gasteiger partial charge in [0.15, 0.2) is 5.96 Å². The third kappa shape index (κ3) is 8.79. The maximum absolute atomic E-state index is 11.9. The molecule has 1 aliphatic heterocycles. The van der Waals surface area contributed by atoms with Gasteiger partial charge < -0.3 is 16.0 Å². The second kappa shape index (κ2) is 14.6. The Labute approximate surface area is 199 Å². The molecule has 170 valence electrons. The van der Waals surface area contributed by atoms with Crippen molar-refractivity contribution in [1.29, 1.82) is 0 Å². The Hall–Kier alpha value is -1.35. The minimum Gasteiger partial charge on any atom is -0.355 e. The van der Waals surface area contributed by atoms with Gasteiger partial charge in [0, 0.05) is 38.3 Å². The predicted octanol–water partition coefficient (Wildman–Crippen LogP) is 3.62. The summed E-state index contributed by atoms with van der Waals surface area (Å²) in [5.41, 5.74) is 1.81. The lowest BCUT2D eigenvalue weighted by atomic mass is 10.0. The second-order valence-electron chi connectivity index (χ2n) is 8.12. The van der Waals surface area contributed by atoms with Crippen molar-refractivity contribution < 1.29 is 4.79 Å². The van der Waals surface area contributed by atoms with Crippen LogP contribution in [0.4, 0.5) is 0 Å². The minimum absolute atomic E-state index is 0. The van der Waals surface area contributed by atoms with Gasteiger partial charge in [-0.25, -0.2) is 0 Å². The van der Waals surface area contributed by atoms with E-state index in [0.29, 0.717) is 30.6 Å². The Morgan fingerprint density at radius 2 is 1.67 bits per heavy atom. The van der Waals surface area contributed by atoms with Crippen LogP contribution in [0.2, 0.25) is 0 Å². The Morgan fingerprint density at radius 1 is 1.03 bits per heavy atom. The quantitative estimate of drug-likeness (QED) is 0.274. The van der Waals surface area contributed by atoms with Crippen molar-refractivity contribution in [2.24, 2.45) is 10.9 Å². The lowest BCUT2D eigenvalue weighted by Crippen LogP contribution is -2.49. The first-order chi connectivity index (χ1) is 14.0. The van der Waals surface area contributed by atoms with Gasteiger partial charge >= 0.3 is 0 Å². The lowest BCUT2D eigenvalue weighted by Gasteiger charge is -2.34. The average Bonchev–Trinajstić information content (AvgIpc) is 3.00. The van der Waals surface area contributed by atoms with Gasteiger partial charge in [0.2, 0.25) is 0 Å². The van der Waals surface area contributed by atoms with Crippen molar-refractivity contribution in [3.05, 3.63) is 35.4 Å². The average molecular weight is 530 g/mol. The highest BCUT2D eigenvalue weighted by atomic mass is 127. The summed E-state index contributed by atoms with van der Waals surface area (Å²) in [6.07, 6.45) is 5.33. The zero-order valence-corrected chi connectivity index (χ0v) is 21.4. The molecule has 0 saturated carbocycles. The molecular formula is C23H40IN5O. The van der Waals surface area contributed by atoms with Gasteiger partial charge in [0.05, 0.1) is 0 Å². The van der Waals surface area contributed by atoms with E-state index in [-0.39, 0.29) is 29.9 Å². The van der Waals surface area contributed by atoms with Gasteiger partial charge in [0.25, 0.3) is 5.91 Å². The van der Waals surface area contributed by atoms with E-state index in [2.05, 4.69) is 39.7 Å². The molecule has 7 heteroatoms. The topological polar surface area (TPSA) is 68.8 Å². The first-order valence-electron chi connectivity index (χ1n) is 11.1.